The number of nitrogens with zero attached hydrogens (tertiary/aromatic N) is 3. The molecule has 162 valence electrons. The highest BCUT2D eigenvalue weighted by Crippen LogP contribution is 2.31. The number of halogens is 2. The van der Waals surface area contributed by atoms with Gasteiger partial charge in [-0.15, -0.1) is 0 Å². The van der Waals surface area contributed by atoms with Gasteiger partial charge in [0.05, 0.1) is 10.6 Å². The molecule has 2 amide bonds. The van der Waals surface area contributed by atoms with Crippen molar-refractivity contribution in [1.82, 2.24) is 9.97 Å². The van der Waals surface area contributed by atoms with Gasteiger partial charge in [0.15, 0.2) is 0 Å². The maximum Gasteiger partial charge on any atom is 0.283 e. The van der Waals surface area contributed by atoms with Gasteiger partial charge in [0.2, 0.25) is 5.95 Å². The molecular formula is C20H13BrClN5O4S. The van der Waals surface area contributed by atoms with Gasteiger partial charge in [-0.3, -0.25) is 9.59 Å². The molecule has 0 saturated heterocycles. The molecule has 0 saturated carbocycles. The molecule has 0 spiro atoms. The number of carbonyl (C=O) groups is 2. The number of carbonyl (C=O) groups excluding carboxylic acids is 2. The highest BCUT2D eigenvalue weighted by molar-refractivity contribution is 9.10. The van der Waals surface area contributed by atoms with E-state index in [-0.39, 0.29) is 21.6 Å². The van der Waals surface area contributed by atoms with Crippen LogP contribution < -0.4 is 14.9 Å². The van der Waals surface area contributed by atoms with Crippen molar-refractivity contribution in [2.75, 3.05) is 14.9 Å². The molecule has 12 heteroatoms. The minimum atomic E-state index is -3.91. The van der Waals surface area contributed by atoms with Crippen molar-refractivity contribution in [2.24, 2.45) is 0 Å². The van der Waals surface area contributed by atoms with Crippen molar-refractivity contribution in [3.05, 3.63) is 82.2 Å². The van der Waals surface area contributed by atoms with Gasteiger partial charge in [0.1, 0.15) is 10.7 Å². The number of amides is 2. The summed E-state index contributed by atoms with van der Waals surface area (Å²) in [5.74, 6) is -1.34. The second-order valence-corrected chi connectivity index (χ2v) is 9.41. The minimum Gasteiger partial charge on any atom is -0.350 e. The van der Waals surface area contributed by atoms with Crippen molar-refractivity contribution < 1.29 is 18.0 Å². The SMILES string of the molecule is O=C1C(Cl)=C(Nc2ccc(S(=O)(=O)Nc3ncccn3)cc2)C(=O)N1c1ccc(Br)cc1. The van der Waals surface area contributed by atoms with Crippen LogP contribution in [0, 0.1) is 0 Å². The zero-order valence-electron chi connectivity index (χ0n) is 16.0. The summed E-state index contributed by atoms with van der Waals surface area (Å²) >= 11 is 9.42. The van der Waals surface area contributed by atoms with Crippen LogP contribution >= 0.6 is 27.5 Å². The Morgan fingerprint density at radius 3 is 2.16 bits per heavy atom. The van der Waals surface area contributed by atoms with Crippen molar-refractivity contribution in [3.63, 3.8) is 0 Å². The standard InChI is InChI=1S/C20H13BrClN5O4S/c21-12-2-6-14(7-3-12)27-18(28)16(22)17(19(27)29)25-13-4-8-15(9-5-13)32(30,31)26-20-23-10-1-11-24-20/h1-11,25H,(H,23,24,26). The second-order valence-electron chi connectivity index (χ2n) is 6.44. The molecule has 0 fully saturated rings. The molecule has 2 heterocycles. The summed E-state index contributed by atoms with van der Waals surface area (Å²) in [6, 6.07) is 13.7. The van der Waals surface area contributed by atoms with E-state index in [2.05, 4.69) is 35.9 Å². The topological polar surface area (TPSA) is 121 Å². The first-order valence-corrected chi connectivity index (χ1v) is 11.6. The number of nitrogens with one attached hydrogen (secondary N) is 2. The van der Waals surface area contributed by atoms with Crippen LogP contribution in [0.1, 0.15) is 0 Å². The molecule has 4 rings (SSSR count). The van der Waals surface area contributed by atoms with Crippen LogP contribution in [0.3, 0.4) is 0 Å². The third-order valence-electron chi connectivity index (χ3n) is 4.34. The third kappa shape index (κ3) is 4.35. The molecule has 0 unspecified atom stereocenters. The fourth-order valence-electron chi connectivity index (χ4n) is 2.83. The van der Waals surface area contributed by atoms with Crippen LogP contribution in [0.2, 0.25) is 0 Å². The van der Waals surface area contributed by atoms with Crippen LogP contribution in [-0.2, 0) is 19.6 Å². The monoisotopic (exact) mass is 533 g/mol. The fraction of sp³-hybridized carbons (Fsp3) is 0. The summed E-state index contributed by atoms with van der Waals surface area (Å²) in [5, 5.41) is 2.53. The van der Waals surface area contributed by atoms with Gasteiger partial charge < -0.3 is 5.32 Å². The Bertz CT molecular complexity index is 1330. The number of sulfonamides is 1. The number of aromatic nitrogens is 2. The highest BCUT2D eigenvalue weighted by atomic mass is 79.9. The van der Waals surface area contributed by atoms with Crippen molar-refractivity contribution >= 4 is 66.7 Å². The normalized spacial score (nSPS) is 14.1. The van der Waals surface area contributed by atoms with E-state index in [1.807, 2.05) is 0 Å². The average Bonchev–Trinajstić information content (AvgIpc) is 2.98. The van der Waals surface area contributed by atoms with E-state index < -0.39 is 21.8 Å². The number of imide groups is 1. The van der Waals surface area contributed by atoms with Crippen LogP contribution in [0.25, 0.3) is 0 Å². The third-order valence-corrected chi connectivity index (χ3v) is 6.56. The molecule has 0 aliphatic carbocycles. The summed E-state index contributed by atoms with van der Waals surface area (Å²) in [6.45, 7) is 0. The summed E-state index contributed by atoms with van der Waals surface area (Å²) in [4.78, 5) is 33.9. The fourth-order valence-corrected chi connectivity index (χ4v) is 4.26. The van der Waals surface area contributed by atoms with Gasteiger partial charge in [0, 0.05) is 22.6 Å². The zero-order valence-corrected chi connectivity index (χ0v) is 19.1. The maximum atomic E-state index is 12.8. The van der Waals surface area contributed by atoms with Crippen LogP contribution in [0.4, 0.5) is 17.3 Å². The number of rotatable bonds is 6. The molecule has 0 atom stereocenters. The van der Waals surface area contributed by atoms with E-state index in [0.717, 1.165) is 9.37 Å². The summed E-state index contributed by atoms with van der Waals surface area (Å²) in [5.41, 5.74) is 0.631. The zero-order chi connectivity index (χ0) is 22.9. The smallest absolute Gasteiger partial charge is 0.283 e. The molecule has 2 aromatic carbocycles. The molecule has 0 radical (unpaired) electrons. The first kappa shape index (κ1) is 21.9. The van der Waals surface area contributed by atoms with E-state index in [9.17, 15) is 18.0 Å². The predicted octanol–water partition coefficient (Wildman–Crippen LogP) is 3.48. The van der Waals surface area contributed by atoms with Crippen molar-refractivity contribution in [1.29, 1.82) is 0 Å². The molecule has 1 aliphatic heterocycles. The Labute approximate surface area is 196 Å². The van der Waals surface area contributed by atoms with Gasteiger partial charge in [-0.1, -0.05) is 27.5 Å². The van der Waals surface area contributed by atoms with Gasteiger partial charge in [-0.2, -0.15) is 0 Å². The highest BCUT2D eigenvalue weighted by Gasteiger charge is 2.38. The van der Waals surface area contributed by atoms with Crippen LogP contribution in [-0.4, -0.2) is 30.2 Å². The molecule has 1 aliphatic rings. The lowest BCUT2D eigenvalue weighted by atomic mass is 10.3. The Morgan fingerprint density at radius 2 is 1.53 bits per heavy atom. The van der Waals surface area contributed by atoms with E-state index in [1.165, 1.54) is 36.7 Å². The quantitative estimate of drug-likeness (QED) is 0.464. The van der Waals surface area contributed by atoms with Crippen molar-refractivity contribution in [2.45, 2.75) is 4.90 Å². The molecule has 32 heavy (non-hydrogen) atoms. The van der Waals surface area contributed by atoms with Gasteiger partial charge in [-0.05, 0) is 54.6 Å². The molecule has 1 aromatic heterocycles. The lowest BCUT2D eigenvalue weighted by Gasteiger charge is -2.15. The Balaban J connectivity index is 1.52. The number of hydrogen-bond acceptors (Lipinski definition) is 7. The van der Waals surface area contributed by atoms with Gasteiger partial charge in [0.25, 0.3) is 21.8 Å². The van der Waals surface area contributed by atoms with E-state index in [1.54, 1.807) is 30.3 Å². The average molecular weight is 535 g/mol. The summed E-state index contributed by atoms with van der Waals surface area (Å²) in [6.07, 6.45) is 2.82. The molecule has 3 aromatic rings. The molecular weight excluding hydrogens is 522 g/mol. The summed E-state index contributed by atoms with van der Waals surface area (Å²) < 4.78 is 28.0. The summed E-state index contributed by atoms with van der Waals surface area (Å²) in [7, 11) is -3.91. The first-order chi connectivity index (χ1) is 15.3. The first-order valence-electron chi connectivity index (χ1n) is 8.97. The van der Waals surface area contributed by atoms with Gasteiger partial charge >= 0.3 is 0 Å². The lowest BCUT2D eigenvalue weighted by molar-refractivity contribution is -0.120. The molecule has 9 nitrogen and oxygen atoms in total. The minimum absolute atomic E-state index is 0.0408. The van der Waals surface area contributed by atoms with Crippen molar-refractivity contribution in [3.8, 4) is 0 Å². The molecule has 2 N–H and O–H groups in total. The van der Waals surface area contributed by atoms with Gasteiger partial charge in [-0.25, -0.2) is 28.0 Å². The lowest BCUT2D eigenvalue weighted by Crippen LogP contribution is -2.32. The second kappa shape index (κ2) is 8.69. The Kier molecular flexibility index (Phi) is 5.96. The van der Waals surface area contributed by atoms with Crippen LogP contribution in [0.15, 0.2) is 87.1 Å². The van der Waals surface area contributed by atoms with E-state index in [4.69, 9.17) is 11.6 Å². The largest absolute Gasteiger partial charge is 0.350 e. The number of hydrogen-bond donors (Lipinski definition) is 2. The number of benzene rings is 2. The predicted molar refractivity (Wildman–Crippen MR) is 122 cm³/mol. The number of anilines is 3. The van der Waals surface area contributed by atoms with Crippen LogP contribution in [0.5, 0.6) is 0 Å². The van der Waals surface area contributed by atoms with E-state index >= 15 is 0 Å². The Morgan fingerprint density at radius 1 is 0.906 bits per heavy atom. The maximum absolute atomic E-state index is 12.8. The van der Waals surface area contributed by atoms with E-state index in [0.29, 0.717) is 11.4 Å². The molecule has 0 bridgehead atoms. The Hall–Kier alpha value is -3.28.